The van der Waals surface area contributed by atoms with E-state index in [1.807, 2.05) is 6.92 Å². The van der Waals surface area contributed by atoms with Crippen LogP contribution in [0.15, 0.2) is 0 Å². The minimum absolute atomic E-state index is 0. The standard InChI is InChI=1S/C12H24N2O2.ClH/c1-2-16-12(15)13-8-4-7-11-14-9-5-3-6-10-14;/h2-11H2,1H3,(H,13,15);1H. The zero-order chi connectivity index (χ0) is 11.6. The molecule has 0 aromatic rings. The summed E-state index contributed by atoms with van der Waals surface area (Å²) in [5.41, 5.74) is 0. The molecule has 0 radical (unpaired) electrons. The van der Waals surface area contributed by atoms with Gasteiger partial charge in [-0.15, -0.1) is 12.4 Å². The SMILES string of the molecule is CCOC(=O)NCCCCN1CCCCC1.Cl. The van der Waals surface area contributed by atoms with Crippen LogP contribution in [0.1, 0.15) is 39.0 Å². The maximum absolute atomic E-state index is 11.0. The number of hydrogen-bond donors (Lipinski definition) is 1. The smallest absolute Gasteiger partial charge is 0.407 e. The molecule has 4 nitrogen and oxygen atoms in total. The number of rotatable bonds is 6. The Kier molecular flexibility index (Phi) is 10.4. The molecule has 1 amide bonds. The summed E-state index contributed by atoms with van der Waals surface area (Å²) >= 11 is 0. The van der Waals surface area contributed by atoms with Crippen molar-refractivity contribution in [1.29, 1.82) is 0 Å². The Morgan fingerprint density at radius 3 is 2.59 bits per heavy atom. The molecule has 0 atom stereocenters. The van der Waals surface area contributed by atoms with Crippen molar-refractivity contribution >= 4 is 18.5 Å². The van der Waals surface area contributed by atoms with E-state index in [1.165, 1.54) is 38.9 Å². The minimum atomic E-state index is -0.291. The normalized spacial score (nSPS) is 16.1. The van der Waals surface area contributed by atoms with E-state index in [0.29, 0.717) is 6.61 Å². The van der Waals surface area contributed by atoms with Crippen LogP contribution < -0.4 is 5.32 Å². The highest BCUT2D eigenvalue weighted by Gasteiger charge is 2.08. The quantitative estimate of drug-likeness (QED) is 0.749. The van der Waals surface area contributed by atoms with E-state index in [2.05, 4.69) is 10.2 Å². The molecular formula is C12H25ClN2O2. The van der Waals surface area contributed by atoms with Crippen molar-refractivity contribution in [2.45, 2.75) is 39.0 Å². The molecule has 0 saturated carbocycles. The van der Waals surface area contributed by atoms with Gasteiger partial charge in [-0.25, -0.2) is 4.79 Å². The number of piperidine rings is 1. The van der Waals surface area contributed by atoms with Crippen molar-refractivity contribution in [2.75, 3.05) is 32.8 Å². The second-order valence-corrected chi connectivity index (χ2v) is 4.26. The van der Waals surface area contributed by atoms with Crippen LogP contribution in [0, 0.1) is 0 Å². The molecule has 1 heterocycles. The summed E-state index contributed by atoms with van der Waals surface area (Å²) in [4.78, 5) is 13.5. The molecule has 1 aliphatic rings. The second kappa shape index (κ2) is 10.7. The fraction of sp³-hybridized carbons (Fsp3) is 0.917. The van der Waals surface area contributed by atoms with E-state index in [-0.39, 0.29) is 18.5 Å². The first-order valence-electron chi connectivity index (χ1n) is 6.46. The molecule has 0 aromatic carbocycles. The molecule has 0 aromatic heterocycles. The van der Waals surface area contributed by atoms with E-state index < -0.39 is 0 Å². The van der Waals surface area contributed by atoms with Gasteiger partial charge in [0.15, 0.2) is 0 Å². The van der Waals surface area contributed by atoms with Gasteiger partial charge in [0.1, 0.15) is 0 Å². The zero-order valence-electron chi connectivity index (χ0n) is 10.7. The van der Waals surface area contributed by atoms with Crippen molar-refractivity contribution in [1.82, 2.24) is 10.2 Å². The van der Waals surface area contributed by atoms with Crippen molar-refractivity contribution in [3.63, 3.8) is 0 Å². The number of ether oxygens (including phenoxy) is 1. The molecule has 0 spiro atoms. The lowest BCUT2D eigenvalue weighted by atomic mass is 10.1. The highest BCUT2D eigenvalue weighted by molar-refractivity contribution is 5.85. The summed E-state index contributed by atoms with van der Waals surface area (Å²) in [5.74, 6) is 0. The lowest BCUT2D eigenvalue weighted by molar-refractivity contribution is 0.151. The van der Waals surface area contributed by atoms with Crippen LogP contribution in [-0.4, -0.2) is 43.8 Å². The maximum atomic E-state index is 11.0. The van der Waals surface area contributed by atoms with Crippen LogP contribution in [0.2, 0.25) is 0 Å². The van der Waals surface area contributed by atoms with Gasteiger partial charge in [-0.3, -0.25) is 0 Å². The fourth-order valence-electron chi connectivity index (χ4n) is 2.02. The zero-order valence-corrected chi connectivity index (χ0v) is 11.6. The number of hydrogen-bond acceptors (Lipinski definition) is 3. The number of alkyl carbamates (subject to hydrolysis) is 1. The number of nitrogens with zero attached hydrogens (tertiary/aromatic N) is 1. The van der Waals surface area contributed by atoms with Gasteiger partial charge in [-0.2, -0.15) is 0 Å². The summed E-state index contributed by atoms with van der Waals surface area (Å²) in [6, 6.07) is 0. The highest BCUT2D eigenvalue weighted by Crippen LogP contribution is 2.08. The average molecular weight is 265 g/mol. The first-order chi connectivity index (χ1) is 7.83. The summed E-state index contributed by atoms with van der Waals surface area (Å²) in [5, 5.41) is 2.74. The molecule has 17 heavy (non-hydrogen) atoms. The van der Waals surface area contributed by atoms with Crippen LogP contribution in [0.25, 0.3) is 0 Å². The summed E-state index contributed by atoms with van der Waals surface area (Å²) < 4.78 is 4.78. The van der Waals surface area contributed by atoms with Crippen molar-refractivity contribution in [2.24, 2.45) is 0 Å². The molecule has 1 fully saturated rings. The molecule has 102 valence electrons. The first kappa shape index (κ1) is 16.5. The average Bonchev–Trinajstić information content (AvgIpc) is 2.30. The van der Waals surface area contributed by atoms with Gasteiger partial charge >= 0.3 is 6.09 Å². The van der Waals surface area contributed by atoms with Crippen molar-refractivity contribution in [3.8, 4) is 0 Å². The van der Waals surface area contributed by atoms with Gasteiger partial charge in [-0.05, 0) is 52.2 Å². The molecule has 0 bridgehead atoms. The van der Waals surface area contributed by atoms with Gasteiger partial charge < -0.3 is 15.0 Å². The molecule has 5 heteroatoms. The van der Waals surface area contributed by atoms with E-state index in [9.17, 15) is 4.79 Å². The maximum Gasteiger partial charge on any atom is 0.407 e. The Bertz CT molecular complexity index is 197. The number of amides is 1. The Morgan fingerprint density at radius 1 is 1.24 bits per heavy atom. The highest BCUT2D eigenvalue weighted by atomic mass is 35.5. The van der Waals surface area contributed by atoms with Gasteiger partial charge in [-0.1, -0.05) is 6.42 Å². The topological polar surface area (TPSA) is 41.6 Å². The van der Waals surface area contributed by atoms with Crippen LogP contribution in [0.4, 0.5) is 4.79 Å². The Labute approximate surface area is 110 Å². The van der Waals surface area contributed by atoms with Crippen LogP contribution >= 0.6 is 12.4 Å². The lowest BCUT2D eigenvalue weighted by Gasteiger charge is -2.26. The third-order valence-electron chi connectivity index (χ3n) is 2.89. The summed E-state index contributed by atoms with van der Waals surface area (Å²) in [6.45, 7) is 6.67. The second-order valence-electron chi connectivity index (χ2n) is 4.26. The first-order valence-corrected chi connectivity index (χ1v) is 6.46. The van der Waals surface area contributed by atoms with Crippen LogP contribution in [0.5, 0.6) is 0 Å². The number of likely N-dealkylation sites (tertiary alicyclic amines) is 1. The third-order valence-corrected chi connectivity index (χ3v) is 2.89. The van der Waals surface area contributed by atoms with E-state index in [0.717, 1.165) is 19.4 Å². The fourth-order valence-corrected chi connectivity index (χ4v) is 2.02. The summed E-state index contributed by atoms with van der Waals surface area (Å²) in [7, 11) is 0. The van der Waals surface area contributed by atoms with Gasteiger partial charge in [0, 0.05) is 6.54 Å². The number of carbonyl (C=O) groups is 1. The van der Waals surface area contributed by atoms with Gasteiger partial charge in [0.05, 0.1) is 6.61 Å². The van der Waals surface area contributed by atoms with Gasteiger partial charge in [0.25, 0.3) is 0 Å². The predicted octanol–water partition coefficient (Wildman–Crippen LogP) is 2.42. The molecular weight excluding hydrogens is 240 g/mol. The minimum Gasteiger partial charge on any atom is -0.450 e. The predicted molar refractivity (Wildman–Crippen MR) is 71.8 cm³/mol. The number of halogens is 1. The van der Waals surface area contributed by atoms with Crippen LogP contribution in [0.3, 0.4) is 0 Å². The van der Waals surface area contributed by atoms with Gasteiger partial charge in [0.2, 0.25) is 0 Å². The van der Waals surface area contributed by atoms with Crippen LogP contribution in [-0.2, 0) is 4.74 Å². The lowest BCUT2D eigenvalue weighted by Crippen LogP contribution is -2.31. The van der Waals surface area contributed by atoms with Crippen molar-refractivity contribution < 1.29 is 9.53 Å². The largest absolute Gasteiger partial charge is 0.450 e. The number of unbranched alkanes of at least 4 members (excludes halogenated alkanes) is 1. The molecule has 0 unspecified atom stereocenters. The number of carbonyl (C=O) groups excluding carboxylic acids is 1. The molecule has 1 rings (SSSR count). The summed E-state index contributed by atoms with van der Waals surface area (Å²) in [6.07, 6.45) is 5.99. The molecule has 1 aliphatic heterocycles. The number of nitrogens with one attached hydrogen (secondary N) is 1. The monoisotopic (exact) mass is 264 g/mol. The Morgan fingerprint density at radius 2 is 1.94 bits per heavy atom. The molecule has 1 N–H and O–H groups in total. The van der Waals surface area contributed by atoms with E-state index >= 15 is 0 Å². The van der Waals surface area contributed by atoms with E-state index in [1.54, 1.807) is 0 Å². The molecule has 0 aliphatic carbocycles. The van der Waals surface area contributed by atoms with Crippen molar-refractivity contribution in [3.05, 3.63) is 0 Å². The molecule has 1 saturated heterocycles. The van der Waals surface area contributed by atoms with E-state index in [4.69, 9.17) is 4.74 Å². The Hall–Kier alpha value is -0.480. The third kappa shape index (κ3) is 8.27. The Balaban J connectivity index is 0.00000256.